The normalized spacial score (nSPS) is 13.4. The molecule has 2 aromatic rings. The van der Waals surface area contributed by atoms with Crippen LogP contribution in [0.2, 0.25) is 0 Å². The Bertz CT molecular complexity index is 576. The minimum absolute atomic E-state index is 0.480. The summed E-state index contributed by atoms with van der Waals surface area (Å²) < 4.78 is 4.63. The van der Waals surface area contributed by atoms with Gasteiger partial charge in [-0.25, -0.2) is 0 Å². The van der Waals surface area contributed by atoms with Crippen molar-refractivity contribution in [3.05, 3.63) is 27.9 Å². The van der Waals surface area contributed by atoms with Gasteiger partial charge in [-0.1, -0.05) is 0 Å². The van der Waals surface area contributed by atoms with E-state index < -0.39 is 0 Å². The number of nitrogens with zero attached hydrogens (tertiary/aromatic N) is 4. The van der Waals surface area contributed by atoms with Gasteiger partial charge in [0.05, 0.1) is 17.0 Å². The van der Waals surface area contributed by atoms with Gasteiger partial charge in [-0.15, -0.1) is 0 Å². The molecule has 0 spiro atoms. The Hall–Kier alpha value is -1.98. The minimum Gasteiger partial charge on any atom is -0.359 e. The fourth-order valence-corrected chi connectivity index (χ4v) is 2.05. The fourth-order valence-electron chi connectivity index (χ4n) is 2.05. The van der Waals surface area contributed by atoms with Crippen LogP contribution in [0.25, 0.3) is 11.3 Å². The molecule has 6 heteroatoms. The lowest BCUT2D eigenvalue weighted by atomic mass is 9.93. The minimum atomic E-state index is 0.480. The van der Waals surface area contributed by atoms with Crippen LogP contribution in [-0.4, -0.2) is 15.4 Å². The van der Waals surface area contributed by atoms with Crippen LogP contribution in [-0.2, 0) is 12.8 Å². The summed E-state index contributed by atoms with van der Waals surface area (Å²) in [7, 11) is 0. The molecule has 2 aromatic heterocycles. The maximum absolute atomic E-state index is 11.3. The Morgan fingerprint density at radius 1 is 1.25 bits per heavy atom. The summed E-state index contributed by atoms with van der Waals surface area (Å²) >= 11 is 0. The van der Waals surface area contributed by atoms with Crippen LogP contribution in [0.4, 0.5) is 0 Å². The molecule has 0 N–H and O–H groups in total. The molecule has 82 valence electrons. The first-order valence-corrected chi connectivity index (χ1v) is 5.10. The molecule has 0 saturated heterocycles. The molecule has 16 heavy (non-hydrogen) atoms. The first-order chi connectivity index (χ1) is 7.68. The van der Waals surface area contributed by atoms with Gasteiger partial charge in [0.2, 0.25) is 5.69 Å². The first-order valence-electron chi connectivity index (χ1n) is 5.10. The van der Waals surface area contributed by atoms with Crippen LogP contribution < -0.4 is 4.90 Å². The van der Waals surface area contributed by atoms with Gasteiger partial charge in [0.15, 0.2) is 0 Å². The molecule has 0 atom stereocenters. The van der Waals surface area contributed by atoms with E-state index in [2.05, 4.69) is 20.0 Å². The van der Waals surface area contributed by atoms with E-state index in [9.17, 15) is 5.21 Å². The van der Waals surface area contributed by atoms with Crippen LogP contribution in [0.15, 0.2) is 4.63 Å². The van der Waals surface area contributed by atoms with Crippen LogP contribution in [0.1, 0.15) is 22.6 Å². The topological polar surface area (TPSA) is 78.8 Å². The Morgan fingerprint density at radius 2 is 2.06 bits per heavy atom. The van der Waals surface area contributed by atoms with Gasteiger partial charge in [-0.2, -0.15) is 10.2 Å². The van der Waals surface area contributed by atoms with Gasteiger partial charge in [0.25, 0.3) is 5.69 Å². The summed E-state index contributed by atoms with van der Waals surface area (Å²) in [6.45, 7) is 3.85. The van der Waals surface area contributed by atoms with Crippen molar-refractivity contribution in [3.8, 4) is 11.3 Å². The lowest BCUT2D eigenvalue weighted by Gasteiger charge is -2.12. The summed E-state index contributed by atoms with van der Waals surface area (Å²) in [4.78, 5) is 0.480. The molecular formula is C10H10N4O2. The van der Waals surface area contributed by atoms with E-state index in [0.717, 1.165) is 22.5 Å². The van der Waals surface area contributed by atoms with Gasteiger partial charge >= 0.3 is 0 Å². The Balaban J connectivity index is 2.34. The standard InChI is InChI=1S/C10H10N4O2/c1-5-6(2)11-12-7-3-4-8-10(9(5)7)13-16-14(8)15/h3-4H2,1-2H3. The molecule has 0 amide bonds. The third-order valence-corrected chi connectivity index (χ3v) is 3.06. The highest BCUT2D eigenvalue weighted by molar-refractivity contribution is 5.69. The average Bonchev–Trinajstić information content (AvgIpc) is 2.65. The molecule has 1 aliphatic rings. The molecule has 2 heterocycles. The summed E-state index contributed by atoms with van der Waals surface area (Å²) in [5.41, 5.74) is 4.87. The molecule has 0 unspecified atom stereocenters. The van der Waals surface area contributed by atoms with E-state index in [1.54, 1.807) is 0 Å². The lowest BCUT2D eigenvalue weighted by molar-refractivity contribution is -0.807. The van der Waals surface area contributed by atoms with E-state index in [1.165, 1.54) is 0 Å². The molecule has 0 aromatic carbocycles. The van der Waals surface area contributed by atoms with E-state index >= 15 is 0 Å². The SMILES string of the molecule is Cc1nnc2c(c1C)-c1no[n+]([O-])c1CC2. The number of hydrogen-bond acceptors (Lipinski definition) is 5. The average molecular weight is 218 g/mol. The zero-order chi connectivity index (χ0) is 11.3. The van der Waals surface area contributed by atoms with Crippen molar-refractivity contribution in [1.82, 2.24) is 15.4 Å². The van der Waals surface area contributed by atoms with Gasteiger partial charge < -0.3 is 5.21 Å². The lowest BCUT2D eigenvalue weighted by Crippen LogP contribution is -2.30. The van der Waals surface area contributed by atoms with Gasteiger partial charge in [-0.3, -0.25) is 4.63 Å². The Morgan fingerprint density at radius 3 is 2.88 bits per heavy atom. The summed E-state index contributed by atoms with van der Waals surface area (Å²) in [5, 5.41) is 23.4. The molecule has 0 radical (unpaired) electrons. The van der Waals surface area contributed by atoms with Crippen molar-refractivity contribution in [2.45, 2.75) is 26.7 Å². The summed E-state index contributed by atoms with van der Waals surface area (Å²) in [6.07, 6.45) is 1.31. The predicted octanol–water partition coefficient (Wildman–Crippen LogP) is 0.480. The molecule has 0 fully saturated rings. The Kier molecular flexibility index (Phi) is 1.74. The van der Waals surface area contributed by atoms with Crippen LogP contribution in [0.3, 0.4) is 0 Å². The second-order valence-electron chi connectivity index (χ2n) is 3.96. The van der Waals surface area contributed by atoms with Crippen LogP contribution in [0, 0.1) is 19.1 Å². The molecule has 0 aliphatic heterocycles. The molecule has 3 rings (SSSR count). The van der Waals surface area contributed by atoms with Crippen molar-refractivity contribution in [2.24, 2.45) is 0 Å². The van der Waals surface area contributed by atoms with Gasteiger partial charge in [0, 0.05) is 18.0 Å². The first kappa shape index (κ1) is 9.26. The largest absolute Gasteiger partial charge is 0.359 e. The smallest absolute Gasteiger partial charge is 0.253 e. The predicted molar refractivity (Wildman–Crippen MR) is 53.4 cm³/mol. The van der Waals surface area contributed by atoms with Crippen molar-refractivity contribution in [1.29, 1.82) is 0 Å². The maximum Gasteiger partial charge on any atom is 0.253 e. The summed E-state index contributed by atoms with van der Waals surface area (Å²) in [5.74, 6) is 0. The number of rotatable bonds is 0. The quantitative estimate of drug-likeness (QED) is 0.601. The zero-order valence-electron chi connectivity index (χ0n) is 9.02. The molecule has 1 aliphatic carbocycles. The van der Waals surface area contributed by atoms with Crippen molar-refractivity contribution in [2.75, 3.05) is 0 Å². The third-order valence-electron chi connectivity index (χ3n) is 3.06. The van der Waals surface area contributed by atoms with Crippen molar-refractivity contribution < 1.29 is 9.53 Å². The Labute approximate surface area is 91.4 Å². The van der Waals surface area contributed by atoms with Gasteiger partial charge in [0.1, 0.15) is 0 Å². The van der Waals surface area contributed by atoms with Crippen molar-refractivity contribution in [3.63, 3.8) is 0 Å². The highest BCUT2D eigenvalue weighted by Gasteiger charge is 2.30. The second kappa shape index (κ2) is 3.01. The van der Waals surface area contributed by atoms with E-state index in [1.807, 2.05) is 13.8 Å². The molecule has 0 bridgehead atoms. The van der Waals surface area contributed by atoms with E-state index in [-0.39, 0.29) is 0 Å². The highest BCUT2D eigenvalue weighted by atomic mass is 16.8. The zero-order valence-corrected chi connectivity index (χ0v) is 9.02. The van der Waals surface area contributed by atoms with E-state index in [0.29, 0.717) is 29.1 Å². The second-order valence-corrected chi connectivity index (χ2v) is 3.96. The molecule has 6 nitrogen and oxygen atoms in total. The number of fused-ring (bicyclic) bond motifs is 3. The summed E-state index contributed by atoms with van der Waals surface area (Å²) in [6, 6.07) is 0. The molecule has 0 saturated carbocycles. The number of hydrogen-bond donors (Lipinski definition) is 0. The molecular weight excluding hydrogens is 208 g/mol. The number of aromatic nitrogens is 4. The highest BCUT2D eigenvalue weighted by Crippen LogP contribution is 2.32. The van der Waals surface area contributed by atoms with Crippen molar-refractivity contribution >= 4 is 0 Å². The van der Waals surface area contributed by atoms with Crippen LogP contribution >= 0.6 is 0 Å². The fraction of sp³-hybridized carbons (Fsp3) is 0.400. The van der Waals surface area contributed by atoms with Crippen LogP contribution in [0.5, 0.6) is 0 Å². The third kappa shape index (κ3) is 1.07. The van der Waals surface area contributed by atoms with E-state index in [4.69, 9.17) is 0 Å². The maximum atomic E-state index is 11.3. The van der Waals surface area contributed by atoms with Gasteiger partial charge in [-0.05, 0) is 24.3 Å². The monoisotopic (exact) mass is 218 g/mol. The number of aryl methyl sites for hydroxylation is 2.